The molecular weight excluding hydrogens is 569 g/mol. The summed E-state index contributed by atoms with van der Waals surface area (Å²) >= 11 is 2.43. The Hall–Kier alpha value is -4.20. The van der Waals surface area contributed by atoms with Crippen molar-refractivity contribution in [2.24, 2.45) is 0 Å². The monoisotopic (exact) mass is 592 g/mol. The van der Waals surface area contributed by atoms with Crippen molar-refractivity contribution in [2.45, 2.75) is 17.0 Å². The molecule has 2 aromatic heterocycles. The molecule has 3 aromatic carbocycles. The summed E-state index contributed by atoms with van der Waals surface area (Å²) in [6, 6.07) is 23.2. The second kappa shape index (κ2) is 12.3. The predicted octanol–water partition coefficient (Wildman–Crippen LogP) is 5.32. The fraction of sp³-hybridized carbons (Fsp3) is 0.111. The van der Waals surface area contributed by atoms with Crippen LogP contribution in [0.2, 0.25) is 0 Å². The Morgan fingerprint density at radius 2 is 1.75 bits per heavy atom. The van der Waals surface area contributed by atoms with Crippen LogP contribution in [-0.4, -0.2) is 46.4 Å². The first-order valence-corrected chi connectivity index (χ1v) is 15.5. The van der Waals surface area contributed by atoms with E-state index >= 15 is 0 Å². The van der Waals surface area contributed by atoms with Crippen LogP contribution in [-0.2, 0) is 14.8 Å². The van der Waals surface area contributed by atoms with Gasteiger partial charge in [0, 0.05) is 28.5 Å². The summed E-state index contributed by atoms with van der Waals surface area (Å²) in [5.41, 5.74) is 2.19. The number of thioether (sulfide) groups is 1. The normalized spacial score (nSPS) is 11.2. The van der Waals surface area contributed by atoms with Gasteiger partial charge in [0.25, 0.3) is 10.0 Å². The van der Waals surface area contributed by atoms with E-state index in [2.05, 4.69) is 25.2 Å². The molecule has 0 atom stereocenters. The van der Waals surface area contributed by atoms with Crippen molar-refractivity contribution in [3.63, 3.8) is 0 Å². The number of carbonyl (C=O) groups is 1. The first-order valence-electron chi connectivity index (χ1n) is 12.1. The van der Waals surface area contributed by atoms with Crippen molar-refractivity contribution < 1.29 is 17.9 Å². The maximum Gasteiger partial charge on any atom is 0.263 e. The second-order valence-corrected chi connectivity index (χ2v) is 11.8. The summed E-state index contributed by atoms with van der Waals surface area (Å²) in [6.45, 7) is 2.50. The molecule has 2 heterocycles. The summed E-state index contributed by atoms with van der Waals surface area (Å²) in [4.78, 5) is 16.8. The zero-order valence-corrected chi connectivity index (χ0v) is 23.7. The van der Waals surface area contributed by atoms with Crippen molar-refractivity contribution in [1.82, 2.24) is 19.7 Å². The zero-order valence-electron chi connectivity index (χ0n) is 21.2. The number of ether oxygens (including phenoxy) is 1. The number of benzene rings is 3. The fourth-order valence-electron chi connectivity index (χ4n) is 3.72. The molecule has 0 bridgehead atoms. The smallest absolute Gasteiger partial charge is 0.263 e. The molecule has 204 valence electrons. The lowest BCUT2D eigenvalue weighted by Gasteiger charge is -2.12. The lowest BCUT2D eigenvalue weighted by atomic mass is 10.2. The Balaban J connectivity index is 1.29. The topological polar surface area (TPSA) is 128 Å². The molecule has 40 heavy (non-hydrogen) atoms. The first-order chi connectivity index (χ1) is 19.4. The van der Waals surface area contributed by atoms with E-state index in [1.54, 1.807) is 5.38 Å². The summed E-state index contributed by atoms with van der Waals surface area (Å²) in [5, 5.41) is 14.1. The molecule has 5 rings (SSSR count). The average Bonchev–Trinajstić information content (AvgIpc) is 3.63. The molecular formula is C27H24N6O4S3. The number of carbonyl (C=O) groups excluding carboxylic acids is 1. The Morgan fingerprint density at radius 1 is 1.00 bits per heavy atom. The number of amides is 1. The number of nitrogens with one attached hydrogen (secondary N) is 2. The molecule has 0 saturated carbocycles. The van der Waals surface area contributed by atoms with Crippen molar-refractivity contribution in [1.29, 1.82) is 0 Å². The van der Waals surface area contributed by atoms with Gasteiger partial charge in [-0.25, -0.2) is 13.4 Å². The highest BCUT2D eigenvalue weighted by Crippen LogP contribution is 2.29. The number of anilines is 2. The number of rotatable bonds is 11. The molecule has 13 heteroatoms. The minimum absolute atomic E-state index is 0.0620. The summed E-state index contributed by atoms with van der Waals surface area (Å²) in [7, 11) is -3.78. The van der Waals surface area contributed by atoms with Crippen LogP contribution in [0.15, 0.2) is 100 Å². The van der Waals surface area contributed by atoms with Crippen LogP contribution in [0.3, 0.4) is 0 Å². The highest BCUT2D eigenvalue weighted by atomic mass is 32.2. The maximum absolute atomic E-state index is 12.8. The van der Waals surface area contributed by atoms with Crippen LogP contribution >= 0.6 is 23.1 Å². The molecule has 0 radical (unpaired) electrons. The number of hydrogen-bond acceptors (Lipinski definition) is 9. The Labute approximate surface area is 239 Å². The van der Waals surface area contributed by atoms with E-state index in [9.17, 15) is 13.2 Å². The molecule has 0 aliphatic carbocycles. The SMILES string of the molecule is CCOc1ccc(-n2c(SCC(=O)Nc3ccc(S(=O)(=O)Nc4nccs4)cc3)nnc2-c2ccccc2)cc1. The Bertz CT molecular complexity index is 1670. The van der Waals surface area contributed by atoms with Crippen LogP contribution < -0.4 is 14.8 Å². The Morgan fingerprint density at radius 3 is 2.42 bits per heavy atom. The molecule has 2 N–H and O–H groups in total. The van der Waals surface area contributed by atoms with Crippen molar-refractivity contribution in [2.75, 3.05) is 22.4 Å². The van der Waals surface area contributed by atoms with Gasteiger partial charge in [0.2, 0.25) is 5.91 Å². The lowest BCUT2D eigenvalue weighted by molar-refractivity contribution is -0.113. The molecule has 0 aliphatic heterocycles. The number of nitrogens with zero attached hydrogens (tertiary/aromatic N) is 4. The van der Waals surface area contributed by atoms with E-state index in [1.807, 2.05) is 66.1 Å². The standard InChI is InChI=1S/C27H24N6O4S3/c1-2-37-22-12-10-21(11-13-22)33-25(19-6-4-3-5-7-19)30-31-27(33)39-18-24(34)29-20-8-14-23(15-9-20)40(35,36)32-26-28-16-17-38-26/h3-17H,2,18H2,1H3,(H,28,32)(H,29,34). The number of aromatic nitrogens is 4. The first kappa shape index (κ1) is 27.4. The Kier molecular flexibility index (Phi) is 8.43. The molecule has 1 amide bonds. The third-order valence-electron chi connectivity index (χ3n) is 5.51. The van der Waals surface area contributed by atoms with E-state index in [4.69, 9.17) is 4.74 Å². The van der Waals surface area contributed by atoms with E-state index in [0.717, 1.165) is 17.0 Å². The lowest BCUT2D eigenvalue weighted by Crippen LogP contribution is -2.15. The quantitative estimate of drug-likeness (QED) is 0.197. The number of hydrogen-bond donors (Lipinski definition) is 2. The summed E-state index contributed by atoms with van der Waals surface area (Å²) < 4.78 is 35.0. The molecule has 0 unspecified atom stereocenters. The second-order valence-electron chi connectivity index (χ2n) is 8.24. The number of sulfonamides is 1. The number of thiazole rings is 1. The summed E-state index contributed by atoms with van der Waals surface area (Å²) in [6.07, 6.45) is 1.52. The largest absolute Gasteiger partial charge is 0.494 e. The predicted molar refractivity (Wildman–Crippen MR) is 157 cm³/mol. The minimum Gasteiger partial charge on any atom is -0.494 e. The summed E-state index contributed by atoms with van der Waals surface area (Å²) in [5.74, 6) is 1.20. The van der Waals surface area contributed by atoms with Gasteiger partial charge in [-0.3, -0.25) is 14.1 Å². The van der Waals surface area contributed by atoms with Gasteiger partial charge in [-0.1, -0.05) is 42.1 Å². The van der Waals surface area contributed by atoms with E-state index in [1.165, 1.54) is 53.6 Å². The van der Waals surface area contributed by atoms with Gasteiger partial charge < -0.3 is 10.1 Å². The third-order valence-corrected chi connectivity index (χ3v) is 8.61. The molecule has 10 nitrogen and oxygen atoms in total. The molecule has 0 spiro atoms. The van der Waals surface area contributed by atoms with Crippen LogP contribution in [0.5, 0.6) is 5.75 Å². The zero-order chi connectivity index (χ0) is 28.0. The van der Waals surface area contributed by atoms with Crippen LogP contribution in [0, 0.1) is 0 Å². The van der Waals surface area contributed by atoms with Crippen LogP contribution in [0.25, 0.3) is 17.1 Å². The van der Waals surface area contributed by atoms with Crippen molar-refractivity contribution in [3.05, 3.63) is 90.4 Å². The van der Waals surface area contributed by atoms with Gasteiger partial charge in [-0.2, -0.15) is 0 Å². The molecule has 0 aliphatic rings. The van der Waals surface area contributed by atoms with E-state index in [0.29, 0.717) is 23.3 Å². The van der Waals surface area contributed by atoms with Crippen molar-refractivity contribution >= 4 is 49.8 Å². The van der Waals surface area contributed by atoms with E-state index < -0.39 is 10.0 Å². The van der Waals surface area contributed by atoms with Gasteiger partial charge in [0.05, 0.1) is 17.3 Å². The molecule has 0 fully saturated rings. The average molecular weight is 593 g/mol. The minimum atomic E-state index is -3.78. The molecule has 0 saturated heterocycles. The maximum atomic E-state index is 12.8. The molecule has 5 aromatic rings. The highest BCUT2D eigenvalue weighted by Gasteiger charge is 2.18. The van der Waals surface area contributed by atoms with E-state index in [-0.39, 0.29) is 21.7 Å². The van der Waals surface area contributed by atoms with Crippen LogP contribution in [0.1, 0.15) is 6.92 Å². The van der Waals surface area contributed by atoms with Gasteiger partial charge in [0.1, 0.15) is 5.75 Å². The van der Waals surface area contributed by atoms with Gasteiger partial charge in [-0.15, -0.1) is 21.5 Å². The van der Waals surface area contributed by atoms with Crippen LogP contribution in [0.4, 0.5) is 10.8 Å². The van der Waals surface area contributed by atoms with Gasteiger partial charge in [-0.05, 0) is 55.5 Å². The fourth-order valence-corrected chi connectivity index (χ4v) is 6.26. The van der Waals surface area contributed by atoms with Crippen molar-refractivity contribution in [3.8, 4) is 22.8 Å². The highest BCUT2D eigenvalue weighted by molar-refractivity contribution is 7.99. The van der Waals surface area contributed by atoms with Gasteiger partial charge >= 0.3 is 0 Å². The third kappa shape index (κ3) is 6.50. The van der Waals surface area contributed by atoms with Gasteiger partial charge in [0.15, 0.2) is 16.1 Å².